The number of benzene rings is 2. The summed E-state index contributed by atoms with van der Waals surface area (Å²) >= 11 is 0. The predicted octanol–water partition coefficient (Wildman–Crippen LogP) is 3.43. The van der Waals surface area contributed by atoms with E-state index in [-0.39, 0.29) is 5.82 Å². The third-order valence-corrected chi connectivity index (χ3v) is 5.65. The van der Waals surface area contributed by atoms with Gasteiger partial charge in [0, 0.05) is 42.7 Å². The molecule has 1 unspecified atom stereocenters. The second-order valence-corrected chi connectivity index (χ2v) is 7.81. The molecule has 154 valence electrons. The monoisotopic (exact) mass is 396 g/mol. The van der Waals surface area contributed by atoms with Gasteiger partial charge in [-0.05, 0) is 68.4 Å². The molecular weight excluding hydrogens is 367 g/mol. The number of anilines is 2. The molecule has 2 aromatic rings. The zero-order chi connectivity index (χ0) is 20.2. The van der Waals surface area contributed by atoms with Crippen molar-refractivity contribution in [2.75, 3.05) is 49.3 Å². The largest absolute Gasteiger partial charge is 0.492 e. The van der Waals surface area contributed by atoms with Crippen molar-refractivity contribution in [3.63, 3.8) is 0 Å². The molecule has 2 heterocycles. The molecular formula is C23H29FN4O. The second kappa shape index (κ2) is 8.84. The number of allylic oxidation sites excluding steroid dienone is 1. The zero-order valence-corrected chi connectivity index (χ0v) is 16.9. The van der Waals surface area contributed by atoms with E-state index in [9.17, 15) is 4.39 Å². The molecule has 0 aromatic heterocycles. The summed E-state index contributed by atoms with van der Waals surface area (Å²) in [5.74, 6) is 0.660. The highest BCUT2D eigenvalue weighted by Crippen LogP contribution is 2.27. The molecule has 1 fully saturated rings. The van der Waals surface area contributed by atoms with Crippen LogP contribution in [0.4, 0.5) is 15.8 Å². The highest BCUT2D eigenvalue weighted by molar-refractivity contribution is 5.58. The highest BCUT2D eigenvalue weighted by Gasteiger charge is 2.20. The third-order valence-electron chi connectivity index (χ3n) is 5.65. The molecule has 29 heavy (non-hydrogen) atoms. The van der Waals surface area contributed by atoms with E-state index in [1.165, 1.54) is 6.07 Å². The molecule has 0 spiro atoms. The van der Waals surface area contributed by atoms with E-state index in [2.05, 4.69) is 39.8 Å². The van der Waals surface area contributed by atoms with Crippen molar-refractivity contribution in [2.24, 2.45) is 5.73 Å². The van der Waals surface area contributed by atoms with Crippen molar-refractivity contribution in [1.82, 2.24) is 4.90 Å². The molecule has 1 atom stereocenters. The SMILES string of the molecule is CC1=CCN(c2ccc(OCCN3CCC(N)C3)cc2)CN1c1cccc(F)c1. The molecule has 2 N–H and O–H groups in total. The minimum atomic E-state index is -0.218. The van der Waals surface area contributed by atoms with Gasteiger partial charge in [0.05, 0.1) is 6.67 Å². The van der Waals surface area contributed by atoms with E-state index in [4.69, 9.17) is 10.5 Å². The number of likely N-dealkylation sites (tertiary alicyclic amines) is 1. The summed E-state index contributed by atoms with van der Waals surface area (Å²) < 4.78 is 19.6. The average Bonchev–Trinajstić information content (AvgIpc) is 3.14. The van der Waals surface area contributed by atoms with Crippen molar-refractivity contribution < 1.29 is 9.13 Å². The molecule has 0 radical (unpaired) electrons. The lowest BCUT2D eigenvalue weighted by Crippen LogP contribution is -2.41. The third kappa shape index (κ3) is 4.89. The number of halogens is 1. The van der Waals surface area contributed by atoms with Crippen LogP contribution in [0.3, 0.4) is 0 Å². The first kappa shape index (κ1) is 19.7. The van der Waals surface area contributed by atoms with Crippen LogP contribution in [0.5, 0.6) is 5.75 Å². The Morgan fingerprint density at radius 1 is 1.14 bits per heavy atom. The Balaban J connectivity index is 1.35. The summed E-state index contributed by atoms with van der Waals surface area (Å²) in [6.45, 7) is 7.18. The maximum absolute atomic E-state index is 13.7. The predicted molar refractivity (Wildman–Crippen MR) is 116 cm³/mol. The smallest absolute Gasteiger partial charge is 0.125 e. The topological polar surface area (TPSA) is 45.0 Å². The van der Waals surface area contributed by atoms with Crippen LogP contribution < -0.4 is 20.3 Å². The summed E-state index contributed by atoms with van der Waals surface area (Å²) in [5, 5.41) is 0. The normalized spacial score (nSPS) is 20.1. The van der Waals surface area contributed by atoms with Crippen LogP contribution in [0.1, 0.15) is 13.3 Å². The molecule has 0 amide bonds. The molecule has 6 heteroatoms. The minimum absolute atomic E-state index is 0.218. The van der Waals surface area contributed by atoms with Gasteiger partial charge < -0.3 is 20.3 Å². The average molecular weight is 397 g/mol. The van der Waals surface area contributed by atoms with E-state index >= 15 is 0 Å². The first-order chi connectivity index (χ1) is 14.1. The van der Waals surface area contributed by atoms with E-state index in [1.54, 1.807) is 12.1 Å². The molecule has 0 aliphatic carbocycles. The van der Waals surface area contributed by atoms with Crippen LogP contribution in [0, 0.1) is 5.82 Å². The molecule has 2 aromatic carbocycles. The van der Waals surface area contributed by atoms with Gasteiger partial charge in [-0.3, -0.25) is 4.90 Å². The zero-order valence-electron chi connectivity index (χ0n) is 16.9. The van der Waals surface area contributed by atoms with Gasteiger partial charge in [-0.25, -0.2) is 4.39 Å². The number of rotatable bonds is 6. The summed E-state index contributed by atoms with van der Waals surface area (Å²) in [6.07, 6.45) is 3.24. The molecule has 1 saturated heterocycles. The molecule has 2 aliphatic heterocycles. The maximum Gasteiger partial charge on any atom is 0.125 e. The molecule has 2 aliphatic rings. The molecule has 0 bridgehead atoms. The number of hydrogen-bond donors (Lipinski definition) is 1. The Labute approximate surface area is 172 Å². The molecule has 5 nitrogen and oxygen atoms in total. The lowest BCUT2D eigenvalue weighted by molar-refractivity contribution is 0.236. The van der Waals surface area contributed by atoms with Gasteiger partial charge in [-0.15, -0.1) is 0 Å². The first-order valence-electron chi connectivity index (χ1n) is 10.2. The lowest BCUT2D eigenvalue weighted by atomic mass is 10.2. The van der Waals surface area contributed by atoms with Gasteiger partial charge in [0.25, 0.3) is 0 Å². The summed E-state index contributed by atoms with van der Waals surface area (Å²) in [4.78, 5) is 6.73. The Morgan fingerprint density at radius 2 is 1.97 bits per heavy atom. The summed E-state index contributed by atoms with van der Waals surface area (Å²) in [5.41, 5.74) is 9.06. The molecule has 4 rings (SSSR count). The first-order valence-corrected chi connectivity index (χ1v) is 10.2. The van der Waals surface area contributed by atoms with Gasteiger partial charge in [0.1, 0.15) is 18.2 Å². The highest BCUT2D eigenvalue weighted by atomic mass is 19.1. The Hall–Kier alpha value is -2.57. The van der Waals surface area contributed by atoms with Crippen LogP contribution in [-0.2, 0) is 0 Å². The number of ether oxygens (including phenoxy) is 1. The lowest BCUT2D eigenvalue weighted by Gasteiger charge is -2.37. The van der Waals surface area contributed by atoms with E-state index in [1.807, 2.05) is 18.2 Å². The fourth-order valence-electron chi connectivity index (χ4n) is 3.92. The van der Waals surface area contributed by atoms with Crippen molar-refractivity contribution >= 4 is 11.4 Å². The van der Waals surface area contributed by atoms with E-state index < -0.39 is 0 Å². The Morgan fingerprint density at radius 3 is 2.69 bits per heavy atom. The van der Waals surface area contributed by atoms with Crippen LogP contribution >= 0.6 is 0 Å². The van der Waals surface area contributed by atoms with E-state index in [0.717, 1.165) is 55.4 Å². The van der Waals surface area contributed by atoms with Gasteiger partial charge >= 0.3 is 0 Å². The van der Waals surface area contributed by atoms with Crippen LogP contribution in [0.15, 0.2) is 60.3 Å². The fourth-order valence-corrected chi connectivity index (χ4v) is 3.92. The summed E-state index contributed by atoms with van der Waals surface area (Å²) in [6, 6.07) is 15.2. The number of nitrogens with zero attached hydrogens (tertiary/aromatic N) is 3. The summed E-state index contributed by atoms with van der Waals surface area (Å²) in [7, 11) is 0. The van der Waals surface area contributed by atoms with Gasteiger partial charge in [-0.1, -0.05) is 6.07 Å². The molecule has 0 saturated carbocycles. The van der Waals surface area contributed by atoms with Crippen LogP contribution in [0.2, 0.25) is 0 Å². The Kier molecular flexibility index (Phi) is 6.02. The fraction of sp³-hybridized carbons (Fsp3) is 0.391. The van der Waals surface area contributed by atoms with Crippen molar-refractivity contribution in [2.45, 2.75) is 19.4 Å². The standard InChI is InChI=1S/C23H29FN4O/c1-18-9-12-27(17-28(18)22-4-2-3-19(24)15-22)21-5-7-23(8-6-21)29-14-13-26-11-10-20(25)16-26/h2-9,15,20H,10-14,16-17,25H2,1H3. The number of hydrogen-bond acceptors (Lipinski definition) is 5. The van der Waals surface area contributed by atoms with Crippen LogP contribution in [-0.4, -0.2) is 50.4 Å². The second-order valence-electron chi connectivity index (χ2n) is 7.81. The van der Waals surface area contributed by atoms with Crippen molar-refractivity contribution in [3.8, 4) is 5.75 Å². The Bertz CT molecular complexity index is 854. The van der Waals surface area contributed by atoms with Crippen molar-refractivity contribution in [3.05, 3.63) is 66.1 Å². The van der Waals surface area contributed by atoms with Crippen molar-refractivity contribution in [1.29, 1.82) is 0 Å². The van der Waals surface area contributed by atoms with Gasteiger partial charge in [-0.2, -0.15) is 0 Å². The quantitative estimate of drug-likeness (QED) is 0.811. The van der Waals surface area contributed by atoms with Gasteiger partial charge in [0.2, 0.25) is 0 Å². The maximum atomic E-state index is 13.7. The van der Waals surface area contributed by atoms with Gasteiger partial charge in [0.15, 0.2) is 0 Å². The van der Waals surface area contributed by atoms with Crippen LogP contribution in [0.25, 0.3) is 0 Å². The van der Waals surface area contributed by atoms with E-state index in [0.29, 0.717) is 19.3 Å². The number of nitrogens with two attached hydrogens (primary N) is 1. The minimum Gasteiger partial charge on any atom is -0.492 e.